The minimum atomic E-state index is 0.852. The van der Waals surface area contributed by atoms with Crippen molar-refractivity contribution < 1.29 is 0 Å². The van der Waals surface area contributed by atoms with E-state index in [9.17, 15) is 0 Å². The molecule has 0 aromatic carbocycles. The molecule has 19 heavy (non-hydrogen) atoms. The van der Waals surface area contributed by atoms with Crippen LogP contribution >= 0.6 is 0 Å². The van der Waals surface area contributed by atoms with Crippen molar-refractivity contribution >= 4 is 0 Å². The molecule has 0 heterocycles. The van der Waals surface area contributed by atoms with E-state index in [1.54, 1.807) is 0 Å². The quantitative estimate of drug-likeness (QED) is 0.394. The second-order valence-electron chi connectivity index (χ2n) is 6.38. The molecule has 2 atom stereocenters. The zero-order valence-electron chi connectivity index (χ0n) is 14.1. The lowest BCUT2D eigenvalue weighted by atomic mass is 9.98. The molecule has 1 nitrogen and oxygen atoms in total. The summed E-state index contributed by atoms with van der Waals surface area (Å²) in [6, 6.07) is 0. The molecule has 1 N–H and O–H groups in total. The van der Waals surface area contributed by atoms with E-state index in [1.165, 1.54) is 77.3 Å². The Morgan fingerprint density at radius 2 is 1.37 bits per heavy atom. The summed E-state index contributed by atoms with van der Waals surface area (Å²) in [5.74, 6) is 1.75. The van der Waals surface area contributed by atoms with Gasteiger partial charge in [-0.15, -0.1) is 0 Å². The molecule has 0 aliphatic rings. The monoisotopic (exact) mass is 269 g/mol. The van der Waals surface area contributed by atoms with E-state index < -0.39 is 0 Å². The van der Waals surface area contributed by atoms with Gasteiger partial charge in [0, 0.05) is 0 Å². The van der Waals surface area contributed by atoms with Crippen molar-refractivity contribution in [2.24, 2.45) is 11.8 Å². The Bertz CT molecular complexity index is 167. The summed E-state index contributed by atoms with van der Waals surface area (Å²) >= 11 is 0. The second-order valence-corrected chi connectivity index (χ2v) is 6.38. The molecule has 0 rings (SSSR count). The maximum absolute atomic E-state index is 3.70. The Morgan fingerprint density at radius 3 is 2.00 bits per heavy atom. The first-order chi connectivity index (χ1) is 9.24. The fourth-order valence-corrected chi connectivity index (χ4v) is 2.69. The highest BCUT2D eigenvalue weighted by Crippen LogP contribution is 2.13. The number of hydrogen-bond acceptors (Lipinski definition) is 1. The molecule has 0 saturated heterocycles. The molecule has 0 amide bonds. The van der Waals surface area contributed by atoms with E-state index in [-0.39, 0.29) is 0 Å². The Morgan fingerprint density at radius 1 is 0.737 bits per heavy atom. The third kappa shape index (κ3) is 12.7. The largest absolute Gasteiger partial charge is 0.316 e. The highest BCUT2D eigenvalue weighted by atomic mass is 14.9. The molecule has 116 valence electrons. The van der Waals surface area contributed by atoms with Gasteiger partial charge >= 0.3 is 0 Å². The first-order valence-electron chi connectivity index (χ1n) is 8.95. The molecule has 0 aromatic heterocycles. The van der Waals surface area contributed by atoms with Crippen LogP contribution in [-0.4, -0.2) is 13.1 Å². The molecule has 0 aromatic rings. The lowest BCUT2D eigenvalue weighted by Gasteiger charge is -2.18. The van der Waals surface area contributed by atoms with Gasteiger partial charge in [-0.3, -0.25) is 0 Å². The van der Waals surface area contributed by atoms with Crippen LogP contribution in [0.25, 0.3) is 0 Å². The predicted octanol–water partition coefficient (Wildman–Crippen LogP) is 5.79. The fraction of sp³-hybridized carbons (Fsp3) is 1.00. The first kappa shape index (κ1) is 19.0. The van der Waals surface area contributed by atoms with E-state index in [2.05, 4.69) is 33.0 Å². The van der Waals surface area contributed by atoms with E-state index in [4.69, 9.17) is 0 Å². The van der Waals surface area contributed by atoms with Crippen LogP contribution in [0.1, 0.15) is 91.9 Å². The highest BCUT2D eigenvalue weighted by Gasteiger charge is 2.07. The van der Waals surface area contributed by atoms with Crippen LogP contribution in [0.4, 0.5) is 0 Å². The van der Waals surface area contributed by atoms with E-state index in [0.29, 0.717) is 0 Å². The summed E-state index contributed by atoms with van der Waals surface area (Å²) < 4.78 is 0. The topological polar surface area (TPSA) is 12.0 Å². The van der Waals surface area contributed by atoms with Crippen molar-refractivity contribution in [1.29, 1.82) is 0 Å². The van der Waals surface area contributed by atoms with Crippen molar-refractivity contribution in [3.05, 3.63) is 0 Å². The Kier molecular flexibility index (Phi) is 14.3. The van der Waals surface area contributed by atoms with Crippen molar-refractivity contribution in [2.45, 2.75) is 91.9 Å². The molecule has 0 saturated carbocycles. The van der Waals surface area contributed by atoms with Gasteiger partial charge in [-0.05, 0) is 37.8 Å². The molecular formula is C18H39N. The van der Waals surface area contributed by atoms with Gasteiger partial charge in [0.1, 0.15) is 0 Å². The summed E-state index contributed by atoms with van der Waals surface area (Å²) in [5.41, 5.74) is 0. The van der Waals surface area contributed by atoms with Gasteiger partial charge < -0.3 is 5.32 Å². The summed E-state index contributed by atoms with van der Waals surface area (Å²) in [5, 5.41) is 3.70. The zero-order valence-corrected chi connectivity index (χ0v) is 14.1. The lowest BCUT2D eigenvalue weighted by molar-refractivity contribution is 0.385. The number of rotatable bonds is 14. The van der Waals surface area contributed by atoms with Gasteiger partial charge in [0.25, 0.3) is 0 Å². The lowest BCUT2D eigenvalue weighted by Crippen LogP contribution is -2.27. The predicted molar refractivity (Wildman–Crippen MR) is 88.7 cm³/mol. The average molecular weight is 270 g/mol. The second kappa shape index (κ2) is 14.4. The normalized spacial score (nSPS) is 14.5. The van der Waals surface area contributed by atoms with Crippen LogP contribution in [0.3, 0.4) is 0 Å². The smallest absolute Gasteiger partial charge is 0.00205 e. The summed E-state index contributed by atoms with van der Waals surface area (Å²) in [6.45, 7) is 11.8. The van der Waals surface area contributed by atoms with Crippen LogP contribution in [0, 0.1) is 11.8 Å². The minimum Gasteiger partial charge on any atom is -0.316 e. The van der Waals surface area contributed by atoms with Crippen LogP contribution in [0.2, 0.25) is 0 Å². The van der Waals surface area contributed by atoms with E-state index in [0.717, 1.165) is 11.8 Å². The number of hydrogen-bond donors (Lipinski definition) is 1. The van der Waals surface area contributed by atoms with Gasteiger partial charge in [-0.2, -0.15) is 0 Å². The standard InChI is InChI=1S/C18H39N/c1-5-8-10-12-13-17(4)15-19-16-18(7-3)14-11-9-6-2/h17-19H,5-16H2,1-4H3. The molecule has 0 aliphatic carbocycles. The molecule has 2 unspecified atom stereocenters. The highest BCUT2D eigenvalue weighted by molar-refractivity contribution is 4.64. The van der Waals surface area contributed by atoms with E-state index >= 15 is 0 Å². The maximum atomic E-state index is 3.70. The SMILES string of the molecule is CCCCCCC(C)CNCC(CC)CCCCC. The summed E-state index contributed by atoms with van der Waals surface area (Å²) in [7, 11) is 0. The van der Waals surface area contributed by atoms with Crippen LogP contribution < -0.4 is 5.32 Å². The zero-order chi connectivity index (χ0) is 14.3. The Hall–Kier alpha value is -0.0400. The van der Waals surface area contributed by atoms with Crippen molar-refractivity contribution in [2.75, 3.05) is 13.1 Å². The van der Waals surface area contributed by atoms with Gasteiger partial charge in [0.05, 0.1) is 0 Å². The third-order valence-electron chi connectivity index (χ3n) is 4.27. The molecule has 0 fully saturated rings. The van der Waals surface area contributed by atoms with Crippen LogP contribution in [0.15, 0.2) is 0 Å². The molecule has 0 bridgehead atoms. The fourth-order valence-electron chi connectivity index (χ4n) is 2.69. The number of nitrogens with one attached hydrogen (secondary N) is 1. The third-order valence-corrected chi connectivity index (χ3v) is 4.27. The molecule has 0 spiro atoms. The van der Waals surface area contributed by atoms with Gasteiger partial charge in [0.2, 0.25) is 0 Å². The Labute approximate surface area is 122 Å². The summed E-state index contributed by atoms with van der Waals surface area (Å²) in [6.07, 6.45) is 13.9. The number of unbranched alkanes of at least 4 members (excludes halogenated alkanes) is 5. The van der Waals surface area contributed by atoms with Gasteiger partial charge in [0.15, 0.2) is 0 Å². The van der Waals surface area contributed by atoms with Gasteiger partial charge in [-0.1, -0.05) is 79.1 Å². The molecule has 1 heteroatoms. The molecular weight excluding hydrogens is 230 g/mol. The van der Waals surface area contributed by atoms with Gasteiger partial charge in [-0.25, -0.2) is 0 Å². The van der Waals surface area contributed by atoms with Crippen LogP contribution in [0.5, 0.6) is 0 Å². The maximum Gasteiger partial charge on any atom is -0.00205 e. The average Bonchev–Trinajstić information content (AvgIpc) is 2.42. The van der Waals surface area contributed by atoms with Crippen molar-refractivity contribution in [3.63, 3.8) is 0 Å². The summed E-state index contributed by atoms with van der Waals surface area (Å²) in [4.78, 5) is 0. The van der Waals surface area contributed by atoms with E-state index in [1.807, 2.05) is 0 Å². The molecule has 0 aliphatic heterocycles. The first-order valence-corrected chi connectivity index (χ1v) is 8.95. The van der Waals surface area contributed by atoms with Crippen LogP contribution in [-0.2, 0) is 0 Å². The Balaban J connectivity index is 3.46. The van der Waals surface area contributed by atoms with Crippen molar-refractivity contribution in [3.8, 4) is 0 Å². The minimum absolute atomic E-state index is 0.852. The van der Waals surface area contributed by atoms with Crippen molar-refractivity contribution in [1.82, 2.24) is 5.32 Å². The molecule has 0 radical (unpaired) electrons.